The van der Waals surface area contributed by atoms with Crippen LogP contribution in [0, 0.1) is 6.92 Å². The number of primary amides is 1. The molecule has 0 spiro atoms. The Bertz CT molecular complexity index is 1370. The number of anilines is 2. The lowest BCUT2D eigenvalue weighted by molar-refractivity contribution is -0.143. The molecule has 1 atom stereocenters. The fourth-order valence-corrected chi connectivity index (χ4v) is 4.49. The van der Waals surface area contributed by atoms with Gasteiger partial charge < -0.3 is 31.0 Å². The van der Waals surface area contributed by atoms with Crippen LogP contribution in [0.3, 0.4) is 0 Å². The van der Waals surface area contributed by atoms with E-state index in [1.54, 1.807) is 49.4 Å². The molecule has 13 heteroatoms. The largest absolute Gasteiger partial charge is 0.497 e. The van der Waals surface area contributed by atoms with Gasteiger partial charge in [-0.05, 0) is 55.7 Å². The summed E-state index contributed by atoms with van der Waals surface area (Å²) in [5.74, 6) is -2.36. The zero-order valence-electron chi connectivity index (χ0n) is 21.8. The van der Waals surface area contributed by atoms with Gasteiger partial charge in [0.15, 0.2) is 5.69 Å². The molecule has 0 bridgehead atoms. The summed E-state index contributed by atoms with van der Waals surface area (Å²) in [6.45, 7) is 3.19. The maximum Gasteiger partial charge on any atom is 0.325 e. The summed E-state index contributed by atoms with van der Waals surface area (Å²) in [7, 11) is 2.87. The normalized spacial score (nSPS) is 11.3. The molecule has 2 aromatic carbocycles. The number of carbonyl (C=O) groups is 4. The summed E-state index contributed by atoms with van der Waals surface area (Å²) in [6, 6.07) is 10.2. The van der Waals surface area contributed by atoms with Crippen molar-refractivity contribution in [2.45, 2.75) is 19.9 Å². The van der Waals surface area contributed by atoms with Gasteiger partial charge in [0, 0.05) is 11.3 Å². The number of nitrogens with zero attached hydrogens (tertiary/aromatic N) is 2. The van der Waals surface area contributed by atoms with Crippen molar-refractivity contribution in [1.29, 1.82) is 0 Å². The first-order valence-corrected chi connectivity index (χ1v) is 12.5. The first-order chi connectivity index (χ1) is 18.6. The predicted octanol–water partition coefficient (Wildman–Crippen LogP) is 2.22. The molecule has 0 unspecified atom stereocenters. The average molecular weight is 556 g/mol. The molecule has 3 rings (SSSR count). The Morgan fingerprint density at radius 2 is 1.77 bits per heavy atom. The number of methoxy groups -OCH3 is 2. The number of ether oxygens (including phenoxy) is 3. The van der Waals surface area contributed by atoms with Gasteiger partial charge in [-0.2, -0.15) is 4.37 Å². The molecule has 12 nitrogen and oxygen atoms in total. The highest BCUT2D eigenvalue weighted by Crippen LogP contribution is 2.38. The maximum absolute atomic E-state index is 14.1. The van der Waals surface area contributed by atoms with Crippen molar-refractivity contribution in [1.82, 2.24) is 9.69 Å². The number of esters is 1. The second-order valence-electron chi connectivity index (χ2n) is 8.18. The third-order valence-corrected chi connectivity index (χ3v) is 6.49. The number of nitrogens with two attached hydrogens (primary N) is 2. The van der Waals surface area contributed by atoms with Crippen LogP contribution < -0.4 is 31.2 Å². The molecule has 206 valence electrons. The molecule has 3 amide bonds. The lowest BCUT2D eigenvalue weighted by Crippen LogP contribution is -2.45. The minimum atomic E-state index is -1.39. The van der Waals surface area contributed by atoms with E-state index in [9.17, 15) is 19.2 Å². The van der Waals surface area contributed by atoms with E-state index in [1.165, 1.54) is 19.1 Å². The van der Waals surface area contributed by atoms with Gasteiger partial charge in [0.05, 0.1) is 26.5 Å². The van der Waals surface area contributed by atoms with Crippen LogP contribution in [0.2, 0.25) is 0 Å². The van der Waals surface area contributed by atoms with Crippen LogP contribution in [-0.4, -0.2) is 55.4 Å². The molecule has 0 fully saturated rings. The van der Waals surface area contributed by atoms with E-state index >= 15 is 0 Å². The van der Waals surface area contributed by atoms with E-state index in [2.05, 4.69) is 9.69 Å². The van der Waals surface area contributed by atoms with Crippen LogP contribution in [0.25, 0.3) is 0 Å². The number of rotatable bonds is 11. The smallest absolute Gasteiger partial charge is 0.325 e. The van der Waals surface area contributed by atoms with Crippen molar-refractivity contribution in [2.24, 2.45) is 5.73 Å². The third-order valence-electron chi connectivity index (χ3n) is 5.64. The molecule has 0 aliphatic heterocycles. The number of benzene rings is 2. The van der Waals surface area contributed by atoms with Gasteiger partial charge >= 0.3 is 5.97 Å². The van der Waals surface area contributed by atoms with Crippen LogP contribution in [0.1, 0.15) is 44.3 Å². The van der Waals surface area contributed by atoms with E-state index in [0.29, 0.717) is 23.0 Å². The van der Waals surface area contributed by atoms with Gasteiger partial charge in [-0.25, -0.2) is 0 Å². The molecule has 1 aromatic heterocycles. The Kier molecular flexibility index (Phi) is 9.44. The van der Waals surface area contributed by atoms with Crippen molar-refractivity contribution in [3.8, 4) is 11.5 Å². The Labute approximate surface area is 229 Å². The molecular weight excluding hydrogens is 526 g/mol. The van der Waals surface area contributed by atoms with E-state index in [4.69, 9.17) is 25.7 Å². The topological polar surface area (TPSA) is 176 Å². The maximum atomic E-state index is 14.1. The molecule has 0 aliphatic carbocycles. The highest BCUT2D eigenvalue weighted by molar-refractivity contribution is 7.09. The highest BCUT2D eigenvalue weighted by Gasteiger charge is 2.38. The minimum Gasteiger partial charge on any atom is -0.497 e. The first-order valence-electron chi connectivity index (χ1n) is 11.7. The van der Waals surface area contributed by atoms with Crippen LogP contribution in [0.4, 0.5) is 11.4 Å². The van der Waals surface area contributed by atoms with Crippen LogP contribution >= 0.6 is 11.5 Å². The molecule has 1 heterocycles. The van der Waals surface area contributed by atoms with Gasteiger partial charge in [0.1, 0.15) is 29.0 Å². The predicted molar refractivity (Wildman–Crippen MR) is 145 cm³/mol. The van der Waals surface area contributed by atoms with E-state index in [1.807, 2.05) is 6.92 Å². The molecular formula is C26H29N5O7S. The van der Waals surface area contributed by atoms with E-state index in [0.717, 1.165) is 5.56 Å². The van der Waals surface area contributed by atoms with Crippen molar-refractivity contribution in [3.63, 3.8) is 0 Å². The second-order valence-corrected chi connectivity index (χ2v) is 8.96. The fourth-order valence-electron chi connectivity index (χ4n) is 3.75. The Morgan fingerprint density at radius 3 is 2.33 bits per heavy atom. The van der Waals surface area contributed by atoms with Gasteiger partial charge in [0.2, 0.25) is 5.91 Å². The number of nitrogen functional groups attached to an aromatic ring is 1. The summed E-state index contributed by atoms with van der Waals surface area (Å²) >= 11 is 0.677. The first kappa shape index (κ1) is 28.9. The SMILES string of the molecule is CCOC(=O)CNC(=O)[C@@H](c1cc(OC)ccc1OC)N(C(=O)c1snc(C(N)=O)c1N)c1ccc(C)cc1. The highest BCUT2D eigenvalue weighted by atomic mass is 32.1. The zero-order valence-corrected chi connectivity index (χ0v) is 22.7. The number of nitrogens with one attached hydrogen (secondary N) is 1. The summed E-state index contributed by atoms with van der Waals surface area (Å²) in [6.07, 6.45) is 0. The Hall–Kier alpha value is -4.65. The Balaban J connectivity index is 2.25. The quantitative estimate of drug-likeness (QED) is 0.299. The third kappa shape index (κ3) is 6.44. The van der Waals surface area contributed by atoms with Crippen molar-refractivity contribution in [3.05, 3.63) is 64.2 Å². The average Bonchev–Trinajstić information content (AvgIpc) is 3.32. The zero-order chi connectivity index (χ0) is 28.7. The summed E-state index contributed by atoms with van der Waals surface area (Å²) in [5, 5.41) is 2.54. The number of hydrogen-bond acceptors (Lipinski definition) is 10. The van der Waals surface area contributed by atoms with Crippen LogP contribution in [0.5, 0.6) is 11.5 Å². The minimum absolute atomic E-state index is 0.102. The summed E-state index contributed by atoms with van der Waals surface area (Å²) in [5.41, 5.74) is 12.5. The van der Waals surface area contributed by atoms with Gasteiger partial charge in [-0.15, -0.1) is 0 Å². The Morgan fingerprint density at radius 1 is 1.08 bits per heavy atom. The molecule has 5 N–H and O–H groups in total. The van der Waals surface area contributed by atoms with E-state index < -0.39 is 36.3 Å². The van der Waals surface area contributed by atoms with Crippen molar-refractivity contribution < 1.29 is 33.4 Å². The number of aromatic nitrogens is 1. The van der Waals surface area contributed by atoms with Gasteiger partial charge in [0.25, 0.3) is 11.8 Å². The number of amides is 3. The molecule has 0 aliphatic rings. The molecule has 0 saturated heterocycles. The second kappa shape index (κ2) is 12.7. The molecule has 0 radical (unpaired) electrons. The van der Waals surface area contributed by atoms with E-state index in [-0.39, 0.29) is 34.2 Å². The van der Waals surface area contributed by atoms with Crippen LogP contribution in [0.15, 0.2) is 42.5 Å². The number of carbonyl (C=O) groups excluding carboxylic acids is 4. The van der Waals surface area contributed by atoms with Crippen molar-refractivity contribution in [2.75, 3.05) is 38.0 Å². The summed E-state index contributed by atoms with van der Waals surface area (Å²) < 4.78 is 19.8. The standard InChI is InChI=1S/C26H29N5O7S/c1-5-38-19(32)13-29-25(34)22(17-12-16(36-3)10-11-18(17)37-4)31(15-8-6-14(2)7-9-15)26(35)23-20(27)21(24(28)33)30-39-23/h6-12,22H,5,13,27H2,1-4H3,(H2,28,33)(H,29,34)/t22-/m1/s1. The fraction of sp³-hybridized carbons (Fsp3) is 0.269. The van der Waals surface area contributed by atoms with Gasteiger partial charge in [-0.1, -0.05) is 17.7 Å². The molecule has 3 aromatic rings. The van der Waals surface area contributed by atoms with Gasteiger partial charge in [-0.3, -0.25) is 24.1 Å². The lowest BCUT2D eigenvalue weighted by Gasteiger charge is -2.32. The number of aryl methyl sites for hydroxylation is 1. The molecule has 39 heavy (non-hydrogen) atoms. The van der Waals surface area contributed by atoms with Crippen molar-refractivity contribution >= 4 is 46.6 Å². The monoisotopic (exact) mass is 555 g/mol. The summed E-state index contributed by atoms with van der Waals surface area (Å²) in [4.78, 5) is 52.8. The van der Waals surface area contributed by atoms with Crippen LogP contribution in [-0.2, 0) is 14.3 Å². The molecule has 0 saturated carbocycles. The number of hydrogen-bond donors (Lipinski definition) is 3. The lowest BCUT2D eigenvalue weighted by atomic mass is 10.0.